The molecule has 0 aliphatic carbocycles. The topological polar surface area (TPSA) is 51.8 Å². The number of nitrogens with zero attached hydrogens (tertiary/aromatic N) is 3. The molecule has 1 aromatic carbocycles. The lowest BCUT2D eigenvalue weighted by Crippen LogP contribution is -1.88. The number of fused-ring (bicyclic) bond motifs is 4. The molecule has 0 aliphatic heterocycles. The van der Waals surface area contributed by atoms with E-state index in [9.17, 15) is 0 Å². The predicted molar refractivity (Wildman–Crippen MR) is 90.0 cm³/mol. The molecule has 0 amide bonds. The van der Waals surface area contributed by atoms with E-state index in [4.69, 9.17) is 4.42 Å². The Morgan fingerprint density at radius 2 is 1.74 bits per heavy atom. The van der Waals surface area contributed by atoms with Crippen LogP contribution in [0.4, 0.5) is 0 Å². The van der Waals surface area contributed by atoms with Gasteiger partial charge in [-0.15, -0.1) is 0 Å². The molecule has 0 radical (unpaired) electrons. The number of pyridine rings is 3. The molecule has 0 aliphatic rings. The minimum absolute atomic E-state index is 0.792. The molecule has 108 valence electrons. The maximum atomic E-state index is 5.82. The molecule has 23 heavy (non-hydrogen) atoms. The van der Waals surface area contributed by atoms with E-state index < -0.39 is 0 Å². The largest absolute Gasteiger partial charge is 0.454 e. The van der Waals surface area contributed by atoms with Crippen LogP contribution in [0.15, 0.2) is 71.5 Å². The molecular formula is C19H11N3O. The molecule has 0 fully saturated rings. The zero-order chi connectivity index (χ0) is 15.2. The van der Waals surface area contributed by atoms with Crippen LogP contribution in [-0.2, 0) is 0 Å². The normalized spacial score (nSPS) is 11.5. The van der Waals surface area contributed by atoms with Crippen molar-refractivity contribution in [3.05, 3.63) is 67.1 Å². The van der Waals surface area contributed by atoms with Crippen LogP contribution in [0, 0.1) is 0 Å². The first-order chi connectivity index (χ1) is 11.4. The summed E-state index contributed by atoms with van der Waals surface area (Å²) in [7, 11) is 0. The highest BCUT2D eigenvalue weighted by molar-refractivity contribution is 6.05. The predicted octanol–water partition coefficient (Wildman–Crippen LogP) is 4.59. The van der Waals surface area contributed by atoms with Crippen molar-refractivity contribution in [3.8, 4) is 11.4 Å². The molecule has 0 saturated heterocycles. The fourth-order valence-corrected chi connectivity index (χ4v) is 2.88. The van der Waals surface area contributed by atoms with E-state index in [1.54, 1.807) is 12.4 Å². The zero-order valence-corrected chi connectivity index (χ0v) is 12.1. The lowest BCUT2D eigenvalue weighted by molar-refractivity contribution is 0.667. The summed E-state index contributed by atoms with van der Waals surface area (Å²) < 4.78 is 5.82. The van der Waals surface area contributed by atoms with E-state index >= 15 is 0 Å². The number of hydrogen-bond acceptors (Lipinski definition) is 4. The third-order valence-corrected chi connectivity index (χ3v) is 4.02. The highest BCUT2D eigenvalue weighted by atomic mass is 16.3. The maximum absolute atomic E-state index is 5.82. The molecule has 0 atom stereocenters. The molecule has 0 saturated carbocycles. The van der Waals surface area contributed by atoms with Crippen molar-refractivity contribution in [2.24, 2.45) is 0 Å². The van der Waals surface area contributed by atoms with Crippen LogP contribution in [0.25, 0.3) is 44.2 Å². The van der Waals surface area contributed by atoms with Crippen LogP contribution < -0.4 is 0 Å². The van der Waals surface area contributed by atoms with Gasteiger partial charge in [0.25, 0.3) is 0 Å². The molecule has 5 rings (SSSR count). The Balaban J connectivity index is 1.76. The first kappa shape index (κ1) is 12.3. The van der Waals surface area contributed by atoms with E-state index in [1.165, 1.54) is 0 Å². The van der Waals surface area contributed by atoms with Crippen LogP contribution in [-0.4, -0.2) is 15.0 Å². The van der Waals surface area contributed by atoms with E-state index in [0.717, 1.165) is 44.2 Å². The molecule has 5 aromatic rings. The average molecular weight is 297 g/mol. The number of para-hydroxylation sites is 1. The summed E-state index contributed by atoms with van der Waals surface area (Å²) in [4.78, 5) is 13.3. The van der Waals surface area contributed by atoms with Crippen LogP contribution in [0.1, 0.15) is 0 Å². The zero-order valence-electron chi connectivity index (χ0n) is 12.1. The summed E-state index contributed by atoms with van der Waals surface area (Å²) >= 11 is 0. The van der Waals surface area contributed by atoms with Gasteiger partial charge in [0.1, 0.15) is 5.58 Å². The minimum atomic E-state index is 0.792. The average Bonchev–Trinajstić information content (AvgIpc) is 2.99. The van der Waals surface area contributed by atoms with Gasteiger partial charge in [-0.25, -0.2) is 4.98 Å². The second-order valence-electron chi connectivity index (χ2n) is 5.43. The summed E-state index contributed by atoms with van der Waals surface area (Å²) in [5.74, 6) is 0. The Labute approximate surface area is 131 Å². The van der Waals surface area contributed by atoms with Crippen molar-refractivity contribution in [1.82, 2.24) is 15.0 Å². The van der Waals surface area contributed by atoms with E-state index in [1.807, 2.05) is 48.7 Å². The maximum Gasteiger partial charge on any atom is 0.153 e. The van der Waals surface area contributed by atoms with E-state index in [-0.39, 0.29) is 0 Å². The molecule has 4 nitrogen and oxygen atoms in total. The number of rotatable bonds is 1. The SMILES string of the molecule is c1ccc2c(c1)oc1cnc(-c3ccc4cnccc4n3)cc12. The van der Waals surface area contributed by atoms with Crippen molar-refractivity contribution in [3.63, 3.8) is 0 Å². The molecule has 4 heteroatoms. The fourth-order valence-electron chi connectivity index (χ4n) is 2.88. The number of hydrogen-bond donors (Lipinski definition) is 0. The summed E-state index contributed by atoms with van der Waals surface area (Å²) in [5.41, 5.74) is 4.26. The van der Waals surface area contributed by atoms with Crippen molar-refractivity contribution in [2.45, 2.75) is 0 Å². The second-order valence-corrected chi connectivity index (χ2v) is 5.43. The van der Waals surface area contributed by atoms with Gasteiger partial charge < -0.3 is 4.42 Å². The summed E-state index contributed by atoms with van der Waals surface area (Å²) in [6, 6.07) is 15.9. The standard InChI is InChI=1S/C19H11N3O/c1-2-4-18-13(3-1)14-9-17(21-11-19(14)23-18)16-6-5-12-10-20-8-7-15(12)22-16/h1-11H. The van der Waals surface area contributed by atoms with Crippen molar-refractivity contribution in [1.29, 1.82) is 0 Å². The van der Waals surface area contributed by atoms with Crippen LogP contribution in [0.5, 0.6) is 0 Å². The van der Waals surface area contributed by atoms with Crippen LogP contribution in [0.3, 0.4) is 0 Å². The number of aromatic nitrogens is 3. The van der Waals surface area contributed by atoms with Crippen LogP contribution >= 0.6 is 0 Å². The quantitative estimate of drug-likeness (QED) is 0.454. The molecular weight excluding hydrogens is 286 g/mol. The highest BCUT2D eigenvalue weighted by Gasteiger charge is 2.10. The molecule has 0 unspecified atom stereocenters. The van der Waals surface area contributed by atoms with E-state index in [2.05, 4.69) is 21.0 Å². The van der Waals surface area contributed by atoms with Gasteiger partial charge >= 0.3 is 0 Å². The van der Waals surface area contributed by atoms with Gasteiger partial charge in [-0.05, 0) is 30.3 Å². The lowest BCUT2D eigenvalue weighted by atomic mass is 10.1. The number of benzene rings is 1. The molecule has 4 aromatic heterocycles. The number of furan rings is 1. The molecule has 4 heterocycles. The third kappa shape index (κ3) is 1.89. The lowest BCUT2D eigenvalue weighted by Gasteiger charge is -2.02. The van der Waals surface area contributed by atoms with Crippen molar-refractivity contribution >= 4 is 32.8 Å². The van der Waals surface area contributed by atoms with Gasteiger partial charge in [0.2, 0.25) is 0 Å². The first-order valence-electron chi connectivity index (χ1n) is 7.37. The van der Waals surface area contributed by atoms with Gasteiger partial charge in [-0.1, -0.05) is 18.2 Å². The Morgan fingerprint density at radius 1 is 0.783 bits per heavy atom. The second kappa shape index (κ2) is 4.61. The fraction of sp³-hybridized carbons (Fsp3) is 0. The minimum Gasteiger partial charge on any atom is -0.454 e. The van der Waals surface area contributed by atoms with Gasteiger partial charge in [0.15, 0.2) is 5.58 Å². The van der Waals surface area contributed by atoms with Crippen LogP contribution in [0.2, 0.25) is 0 Å². The molecule has 0 spiro atoms. The highest BCUT2D eigenvalue weighted by Crippen LogP contribution is 2.30. The van der Waals surface area contributed by atoms with Gasteiger partial charge in [0.05, 0.1) is 23.1 Å². The van der Waals surface area contributed by atoms with Crippen molar-refractivity contribution < 1.29 is 4.42 Å². The Kier molecular flexibility index (Phi) is 2.46. The van der Waals surface area contributed by atoms with Gasteiger partial charge in [-0.2, -0.15) is 0 Å². The Bertz CT molecular complexity index is 1180. The molecule has 0 bridgehead atoms. The summed E-state index contributed by atoms with van der Waals surface area (Å²) in [6.07, 6.45) is 5.33. The Hall–Kier alpha value is -3.27. The molecule has 0 N–H and O–H groups in total. The van der Waals surface area contributed by atoms with Gasteiger partial charge in [0, 0.05) is 28.6 Å². The smallest absolute Gasteiger partial charge is 0.153 e. The monoisotopic (exact) mass is 297 g/mol. The van der Waals surface area contributed by atoms with Gasteiger partial charge in [-0.3, -0.25) is 9.97 Å². The summed E-state index contributed by atoms with van der Waals surface area (Å²) in [6.45, 7) is 0. The van der Waals surface area contributed by atoms with Crippen molar-refractivity contribution in [2.75, 3.05) is 0 Å². The third-order valence-electron chi connectivity index (χ3n) is 4.02. The first-order valence-corrected chi connectivity index (χ1v) is 7.37. The van der Waals surface area contributed by atoms with E-state index in [0.29, 0.717) is 0 Å². The summed E-state index contributed by atoms with van der Waals surface area (Å²) in [5, 5.41) is 3.17. The Morgan fingerprint density at radius 3 is 2.74 bits per heavy atom.